The molecule has 2 N–H and O–H groups in total. The molecule has 3 saturated carbocycles. The monoisotopic (exact) mass is 475 g/mol. The van der Waals surface area contributed by atoms with Crippen molar-refractivity contribution in [3.05, 3.63) is 87.9 Å². The average Bonchev–Trinajstić information content (AvgIpc) is 2.80. The molecule has 0 atom stereocenters. The van der Waals surface area contributed by atoms with Crippen LogP contribution < -0.4 is 16.2 Å². The van der Waals surface area contributed by atoms with Crippen LogP contribution in [0.15, 0.2) is 59.7 Å². The maximum Gasteiger partial charge on any atom is 0.270 e. The van der Waals surface area contributed by atoms with Gasteiger partial charge in [0.15, 0.2) is 0 Å². The second kappa shape index (κ2) is 7.91. The van der Waals surface area contributed by atoms with Crippen LogP contribution in [0.3, 0.4) is 0 Å². The summed E-state index contributed by atoms with van der Waals surface area (Å²) < 4.78 is 29.7. The summed E-state index contributed by atoms with van der Waals surface area (Å²) in [6, 6.07) is 11.4. The molecule has 0 saturated heterocycles. The number of amides is 1. The minimum absolute atomic E-state index is 0.0248. The molecule has 2 bridgehead atoms. The third-order valence-electron chi connectivity index (χ3n) is 7.01. The molecule has 0 aliphatic heterocycles. The van der Waals surface area contributed by atoms with Crippen LogP contribution in [-0.4, -0.2) is 32.5 Å². The maximum absolute atomic E-state index is 14.6. The quantitative estimate of drug-likeness (QED) is 0.428. The second-order valence-electron chi connectivity index (χ2n) is 9.87. The lowest BCUT2D eigenvalue weighted by molar-refractivity contribution is -0.209. The number of alkyl halides is 1. The largest absolute Gasteiger partial charge is 0.347 e. The zero-order chi connectivity index (χ0) is 24.2. The van der Waals surface area contributed by atoms with Gasteiger partial charge < -0.3 is 10.6 Å². The topological polar surface area (TPSA) is 88.4 Å². The molecule has 0 radical (unpaired) electrons. The van der Waals surface area contributed by atoms with Gasteiger partial charge in [0.25, 0.3) is 11.5 Å². The van der Waals surface area contributed by atoms with Crippen LogP contribution in [0, 0.1) is 11.2 Å². The lowest BCUT2D eigenvalue weighted by Gasteiger charge is -2.66. The van der Waals surface area contributed by atoms with E-state index in [1.54, 1.807) is 30.5 Å². The summed E-state index contributed by atoms with van der Waals surface area (Å²) in [5.41, 5.74) is 0.950. The zero-order valence-corrected chi connectivity index (χ0v) is 18.9. The van der Waals surface area contributed by atoms with E-state index in [2.05, 4.69) is 20.6 Å². The highest BCUT2D eigenvalue weighted by Gasteiger charge is 2.68. The van der Waals surface area contributed by atoms with Crippen molar-refractivity contribution in [2.75, 3.05) is 6.54 Å². The van der Waals surface area contributed by atoms with Crippen molar-refractivity contribution in [1.29, 1.82) is 0 Å². The second-order valence-corrected chi connectivity index (χ2v) is 9.87. The number of rotatable bonds is 7. The molecule has 3 aliphatic rings. The molecular formula is C26H23F2N5O2. The van der Waals surface area contributed by atoms with Crippen LogP contribution in [0.25, 0.3) is 16.6 Å². The van der Waals surface area contributed by atoms with Crippen molar-refractivity contribution in [3.8, 4) is 0 Å². The Morgan fingerprint density at radius 1 is 1.09 bits per heavy atom. The number of hydrogen-bond acceptors (Lipinski definition) is 5. The van der Waals surface area contributed by atoms with Gasteiger partial charge in [-0.2, -0.15) is 0 Å². The molecule has 35 heavy (non-hydrogen) atoms. The van der Waals surface area contributed by atoms with Gasteiger partial charge in [-0.15, -0.1) is 0 Å². The molecule has 1 aromatic carbocycles. The first kappa shape index (κ1) is 21.8. The van der Waals surface area contributed by atoms with Crippen molar-refractivity contribution >= 4 is 22.5 Å². The highest BCUT2D eigenvalue weighted by atomic mass is 19.1. The molecule has 3 fully saturated rings. The van der Waals surface area contributed by atoms with Gasteiger partial charge in [-0.25, -0.2) is 13.8 Å². The minimum atomic E-state index is -0.922. The first-order chi connectivity index (χ1) is 16.8. The summed E-state index contributed by atoms with van der Waals surface area (Å²) in [4.78, 5) is 33.3. The molecule has 7 rings (SSSR count). The molecular weight excluding hydrogens is 452 g/mol. The lowest BCUT2D eigenvalue weighted by Crippen LogP contribution is -2.67. The third-order valence-corrected chi connectivity index (χ3v) is 7.01. The summed E-state index contributed by atoms with van der Waals surface area (Å²) in [6.45, 7) is 1.36. The van der Waals surface area contributed by atoms with Gasteiger partial charge in [0.1, 0.15) is 28.3 Å². The van der Waals surface area contributed by atoms with Crippen LogP contribution in [0.1, 0.15) is 40.9 Å². The van der Waals surface area contributed by atoms with E-state index in [0.29, 0.717) is 42.4 Å². The number of hydrogen-bond donors (Lipinski definition) is 2. The van der Waals surface area contributed by atoms with Crippen LogP contribution in [0.2, 0.25) is 0 Å². The van der Waals surface area contributed by atoms with E-state index in [4.69, 9.17) is 0 Å². The van der Waals surface area contributed by atoms with Crippen LogP contribution in [-0.2, 0) is 13.1 Å². The van der Waals surface area contributed by atoms with Crippen molar-refractivity contribution < 1.29 is 13.6 Å². The Balaban J connectivity index is 1.14. The van der Waals surface area contributed by atoms with Crippen molar-refractivity contribution in [2.24, 2.45) is 5.41 Å². The molecule has 178 valence electrons. The van der Waals surface area contributed by atoms with Gasteiger partial charge in [0, 0.05) is 43.5 Å². The summed E-state index contributed by atoms with van der Waals surface area (Å²) in [5.74, 6) is -0.898. The molecule has 7 nitrogen and oxygen atoms in total. The molecule has 3 aliphatic carbocycles. The van der Waals surface area contributed by atoms with Crippen molar-refractivity contribution in [1.82, 2.24) is 25.0 Å². The SMILES string of the molecule is O=C(NCc1cnc2c(F)cc(CNCC34CC(F)(C3)C4)cc2c1)c1cc(=O)n2ccccc2n1. The number of nitrogens with zero attached hydrogens (tertiary/aromatic N) is 3. The highest BCUT2D eigenvalue weighted by molar-refractivity contribution is 5.92. The van der Waals surface area contributed by atoms with Gasteiger partial charge in [-0.3, -0.25) is 19.0 Å². The first-order valence-electron chi connectivity index (χ1n) is 11.6. The normalized spacial score (nSPS) is 22.6. The molecule has 0 spiro atoms. The van der Waals surface area contributed by atoms with Gasteiger partial charge in [-0.1, -0.05) is 6.07 Å². The molecule has 3 aromatic heterocycles. The number of fused-ring (bicyclic) bond motifs is 2. The van der Waals surface area contributed by atoms with E-state index in [0.717, 1.165) is 12.1 Å². The number of halogens is 2. The Morgan fingerprint density at radius 2 is 1.89 bits per heavy atom. The molecule has 1 amide bonds. The van der Waals surface area contributed by atoms with Crippen LogP contribution >= 0.6 is 0 Å². The van der Waals surface area contributed by atoms with Gasteiger partial charge in [0.2, 0.25) is 0 Å². The predicted molar refractivity (Wildman–Crippen MR) is 126 cm³/mol. The minimum Gasteiger partial charge on any atom is -0.347 e. The Morgan fingerprint density at radius 3 is 2.69 bits per heavy atom. The fraction of sp³-hybridized carbons (Fsp3) is 0.308. The Hall–Kier alpha value is -3.72. The van der Waals surface area contributed by atoms with Crippen LogP contribution in [0.5, 0.6) is 0 Å². The van der Waals surface area contributed by atoms with E-state index in [1.807, 2.05) is 6.07 Å². The zero-order valence-electron chi connectivity index (χ0n) is 18.9. The summed E-state index contributed by atoms with van der Waals surface area (Å²) >= 11 is 0. The Labute approximate surface area is 199 Å². The van der Waals surface area contributed by atoms with Gasteiger partial charge >= 0.3 is 0 Å². The number of nitrogens with one attached hydrogen (secondary N) is 2. The molecule has 0 unspecified atom stereocenters. The van der Waals surface area contributed by atoms with E-state index in [9.17, 15) is 18.4 Å². The number of benzene rings is 1. The number of carbonyl (C=O) groups excluding carboxylic acids is 1. The number of carbonyl (C=O) groups is 1. The smallest absolute Gasteiger partial charge is 0.270 e. The van der Waals surface area contributed by atoms with E-state index >= 15 is 0 Å². The molecule has 4 aromatic rings. The number of pyridine rings is 2. The van der Waals surface area contributed by atoms with Gasteiger partial charge in [0.05, 0.1) is 0 Å². The van der Waals surface area contributed by atoms with Crippen molar-refractivity contribution in [2.45, 2.75) is 38.0 Å². The lowest BCUT2D eigenvalue weighted by atomic mass is 9.42. The van der Waals surface area contributed by atoms with E-state index < -0.39 is 17.4 Å². The predicted octanol–water partition coefficient (Wildman–Crippen LogP) is 3.29. The Bertz CT molecular complexity index is 1530. The van der Waals surface area contributed by atoms with E-state index in [1.165, 1.54) is 22.7 Å². The molecule has 3 heterocycles. The average molecular weight is 475 g/mol. The van der Waals surface area contributed by atoms with E-state index in [-0.39, 0.29) is 28.7 Å². The summed E-state index contributed by atoms with van der Waals surface area (Å²) in [6.07, 6.45) is 4.98. The van der Waals surface area contributed by atoms with Gasteiger partial charge in [-0.05, 0) is 66.1 Å². The third kappa shape index (κ3) is 3.95. The fourth-order valence-corrected chi connectivity index (χ4v) is 5.47. The summed E-state index contributed by atoms with van der Waals surface area (Å²) in [5, 5.41) is 6.71. The number of aromatic nitrogens is 3. The standard InChI is InChI=1S/C26H23F2N5O2/c27-19-7-16(9-29-15-25-12-26(28,13-25)14-25)5-18-6-17(10-30-23(18)19)11-31-24(35)20-8-22(34)33-4-2-1-3-21(33)32-20/h1-8,10,29H,9,11-15H2,(H,31,35). The summed E-state index contributed by atoms with van der Waals surface area (Å²) in [7, 11) is 0. The maximum atomic E-state index is 14.6. The Kier molecular flexibility index (Phi) is 4.93. The first-order valence-corrected chi connectivity index (χ1v) is 11.6. The van der Waals surface area contributed by atoms with Crippen LogP contribution in [0.4, 0.5) is 8.78 Å². The fourth-order valence-electron chi connectivity index (χ4n) is 5.47. The van der Waals surface area contributed by atoms with Crippen molar-refractivity contribution in [3.63, 3.8) is 0 Å². The molecule has 9 heteroatoms. The highest BCUT2D eigenvalue weighted by Crippen LogP contribution is 2.69.